The van der Waals surface area contributed by atoms with Crippen LogP contribution in [0, 0.1) is 0 Å². The molecule has 2 rings (SSSR count). The molecule has 1 fully saturated rings. The summed E-state index contributed by atoms with van der Waals surface area (Å²) >= 11 is 0. The number of hydrogen-bond donors (Lipinski definition) is 2. The van der Waals surface area contributed by atoms with Gasteiger partial charge < -0.3 is 5.32 Å². The van der Waals surface area contributed by atoms with Crippen molar-refractivity contribution >= 4 is 17.7 Å². The number of aromatic nitrogens is 1. The Morgan fingerprint density at radius 2 is 2.32 bits per heavy atom. The minimum Gasteiger partial charge on any atom is -0.340 e. The van der Waals surface area contributed by atoms with Gasteiger partial charge in [0.2, 0.25) is 11.8 Å². The predicted molar refractivity (Wildman–Crippen MR) is 67.3 cm³/mol. The van der Waals surface area contributed by atoms with Gasteiger partial charge in [0.05, 0.1) is 0 Å². The standard InChI is InChI=1S/C13H15N3O3/c1-2-9-7-8(5-6-14-9)12(18)15-10-3-4-11(17)16-13(10)19/h5-7,10H,2-4H2,1H3,(H,15,18)(H,16,17,19). The number of aryl methyl sites for hydroxylation is 1. The quantitative estimate of drug-likeness (QED) is 0.760. The molecular weight excluding hydrogens is 246 g/mol. The summed E-state index contributed by atoms with van der Waals surface area (Å²) in [6.07, 6.45) is 2.88. The summed E-state index contributed by atoms with van der Waals surface area (Å²) in [6, 6.07) is 2.64. The molecule has 1 atom stereocenters. The van der Waals surface area contributed by atoms with E-state index in [1.807, 2.05) is 6.92 Å². The highest BCUT2D eigenvalue weighted by molar-refractivity contribution is 6.03. The van der Waals surface area contributed by atoms with Crippen molar-refractivity contribution in [3.05, 3.63) is 29.6 Å². The van der Waals surface area contributed by atoms with E-state index < -0.39 is 11.9 Å². The van der Waals surface area contributed by atoms with Crippen molar-refractivity contribution in [2.24, 2.45) is 0 Å². The van der Waals surface area contributed by atoms with E-state index in [0.29, 0.717) is 12.0 Å². The number of carbonyl (C=O) groups is 3. The molecule has 0 radical (unpaired) electrons. The molecule has 0 aromatic carbocycles. The second-order valence-electron chi connectivity index (χ2n) is 4.37. The molecule has 0 aliphatic carbocycles. The third kappa shape index (κ3) is 3.15. The van der Waals surface area contributed by atoms with E-state index in [2.05, 4.69) is 15.6 Å². The molecule has 1 aromatic rings. The second-order valence-corrected chi connectivity index (χ2v) is 4.37. The average molecular weight is 261 g/mol. The summed E-state index contributed by atoms with van der Waals surface area (Å²) < 4.78 is 0. The molecule has 19 heavy (non-hydrogen) atoms. The van der Waals surface area contributed by atoms with Crippen LogP contribution in [0.15, 0.2) is 18.3 Å². The fraction of sp³-hybridized carbons (Fsp3) is 0.385. The molecule has 2 heterocycles. The van der Waals surface area contributed by atoms with E-state index in [9.17, 15) is 14.4 Å². The average Bonchev–Trinajstić information content (AvgIpc) is 2.42. The number of carbonyl (C=O) groups excluding carboxylic acids is 3. The van der Waals surface area contributed by atoms with Crippen LogP contribution in [0.4, 0.5) is 0 Å². The molecule has 1 aliphatic rings. The van der Waals surface area contributed by atoms with Gasteiger partial charge >= 0.3 is 0 Å². The lowest BCUT2D eigenvalue weighted by molar-refractivity contribution is -0.134. The van der Waals surface area contributed by atoms with Gasteiger partial charge in [-0.05, 0) is 25.0 Å². The van der Waals surface area contributed by atoms with Crippen LogP contribution in [0.5, 0.6) is 0 Å². The smallest absolute Gasteiger partial charge is 0.252 e. The number of pyridine rings is 1. The van der Waals surface area contributed by atoms with Crippen LogP contribution in [0.1, 0.15) is 35.8 Å². The Morgan fingerprint density at radius 1 is 1.53 bits per heavy atom. The van der Waals surface area contributed by atoms with Gasteiger partial charge in [-0.3, -0.25) is 24.7 Å². The summed E-state index contributed by atoms with van der Waals surface area (Å²) in [5, 5.41) is 4.83. The fourth-order valence-corrected chi connectivity index (χ4v) is 1.89. The summed E-state index contributed by atoms with van der Waals surface area (Å²) in [7, 11) is 0. The number of amides is 3. The summed E-state index contributed by atoms with van der Waals surface area (Å²) in [5.41, 5.74) is 1.28. The van der Waals surface area contributed by atoms with Crippen molar-refractivity contribution in [1.82, 2.24) is 15.6 Å². The van der Waals surface area contributed by atoms with Crippen molar-refractivity contribution in [2.45, 2.75) is 32.2 Å². The second kappa shape index (κ2) is 5.60. The van der Waals surface area contributed by atoms with Crippen LogP contribution < -0.4 is 10.6 Å². The van der Waals surface area contributed by atoms with Crippen LogP contribution in [0.2, 0.25) is 0 Å². The van der Waals surface area contributed by atoms with E-state index in [4.69, 9.17) is 0 Å². The van der Waals surface area contributed by atoms with Crippen molar-refractivity contribution in [3.8, 4) is 0 Å². The third-order valence-corrected chi connectivity index (χ3v) is 2.99. The molecule has 6 heteroatoms. The first-order chi connectivity index (χ1) is 9.10. The molecule has 0 bridgehead atoms. The van der Waals surface area contributed by atoms with Crippen molar-refractivity contribution < 1.29 is 14.4 Å². The van der Waals surface area contributed by atoms with Gasteiger partial charge in [-0.25, -0.2) is 0 Å². The van der Waals surface area contributed by atoms with Gasteiger partial charge in [-0.1, -0.05) is 6.92 Å². The highest BCUT2D eigenvalue weighted by atomic mass is 16.2. The molecular formula is C13H15N3O3. The normalized spacial score (nSPS) is 18.9. The van der Waals surface area contributed by atoms with Gasteiger partial charge in [-0.2, -0.15) is 0 Å². The predicted octanol–water partition coefficient (Wildman–Crippen LogP) is 0.179. The van der Waals surface area contributed by atoms with E-state index in [1.165, 1.54) is 0 Å². The van der Waals surface area contributed by atoms with Crippen LogP contribution in [-0.4, -0.2) is 28.7 Å². The minimum atomic E-state index is -0.650. The number of hydrogen-bond acceptors (Lipinski definition) is 4. The van der Waals surface area contributed by atoms with Gasteiger partial charge in [0.15, 0.2) is 0 Å². The zero-order chi connectivity index (χ0) is 13.8. The first-order valence-corrected chi connectivity index (χ1v) is 6.19. The highest BCUT2D eigenvalue weighted by Crippen LogP contribution is 2.07. The summed E-state index contributed by atoms with van der Waals surface area (Å²) in [4.78, 5) is 38.7. The fourth-order valence-electron chi connectivity index (χ4n) is 1.89. The number of nitrogens with zero attached hydrogens (tertiary/aromatic N) is 1. The minimum absolute atomic E-state index is 0.243. The molecule has 3 amide bonds. The van der Waals surface area contributed by atoms with Crippen molar-refractivity contribution in [2.75, 3.05) is 0 Å². The van der Waals surface area contributed by atoms with Crippen molar-refractivity contribution in [1.29, 1.82) is 0 Å². The Bertz CT molecular complexity index is 528. The van der Waals surface area contributed by atoms with E-state index in [1.54, 1.807) is 18.3 Å². The van der Waals surface area contributed by atoms with Crippen LogP contribution in [0.3, 0.4) is 0 Å². The van der Waals surface area contributed by atoms with E-state index in [0.717, 1.165) is 12.1 Å². The Hall–Kier alpha value is -2.24. The molecule has 2 N–H and O–H groups in total. The Balaban J connectivity index is 2.04. The SMILES string of the molecule is CCc1cc(C(=O)NC2CCC(=O)NC2=O)ccn1. The highest BCUT2D eigenvalue weighted by Gasteiger charge is 2.28. The molecule has 1 unspecified atom stereocenters. The van der Waals surface area contributed by atoms with Gasteiger partial charge in [-0.15, -0.1) is 0 Å². The third-order valence-electron chi connectivity index (χ3n) is 2.99. The maximum absolute atomic E-state index is 12.0. The lowest BCUT2D eigenvalue weighted by Gasteiger charge is -2.21. The Morgan fingerprint density at radius 3 is 3.00 bits per heavy atom. The largest absolute Gasteiger partial charge is 0.340 e. The topological polar surface area (TPSA) is 88.2 Å². The van der Waals surface area contributed by atoms with Gasteiger partial charge in [0, 0.05) is 23.9 Å². The first-order valence-electron chi connectivity index (χ1n) is 6.19. The first kappa shape index (κ1) is 13.2. The molecule has 6 nitrogen and oxygen atoms in total. The maximum Gasteiger partial charge on any atom is 0.252 e. The van der Waals surface area contributed by atoms with Crippen molar-refractivity contribution in [3.63, 3.8) is 0 Å². The monoisotopic (exact) mass is 261 g/mol. The van der Waals surface area contributed by atoms with Crippen LogP contribution >= 0.6 is 0 Å². The van der Waals surface area contributed by atoms with E-state index >= 15 is 0 Å². The van der Waals surface area contributed by atoms with Crippen LogP contribution in [0.25, 0.3) is 0 Å². The molecule has 100 valence electrons. The van der Waals surface area contributed by atoms with Gasteiger partial charge in [0.25, 0.3) is 5.91 Å². The zero-order valence-corrected chi connectivity index (χ0v) is 10.6. The zero-order valence-electron chi connectivity index (χ0n) is 10.6. The maximum atomic E-state index is 12.0. The number of rotatable bonds is 3. The summed E-state index contributed by atoms with van der Waals surface area (Å²) in [6.45, 7) is 1.95. The summed E-state index contributed by atoms with van der Waals surface area (Å²) in [5.74, 6) is -1.08. The van der Waals surface area contributed by atoms with Crippen LogP contribution in [-0.2, 0) is 16.0 Å². The molecule has 1 aromatic heterocycles. The molecule has 0 spiro atoms. The molecule has 0 saturated carbocycles. The Labute approximate surface area is 110 Å². The van der Waals surface area contributed by atoms with E-state index in [-0.39, 0.29) is 18.2 Å². The number of imide groups is 1. The molecule has 1 aliphatic heterocycles. The lowest BCUT2D eigenvalue weighted by Crippen LogP contribution is -2.52. The number of piperidine rings is 1. The van der Waals surface area contributed by atoms with Gasteiger partial charge in [0.1, 0.15) is 6.04 Å². The Kier molecular flexibility index (Phi) is 3.89. The molecule has 1 saturated heterocycles. The lowest BCUT2D eigenvalue weighted by atomic mass is 10.1. The number of nitrogens with one attached hydrogen (secondary N) is 2.